The monoisotopic (exact) mass is 224 g/mol. The molecule has 0 aromatic carbocycles. The summed E-state index contributed by atoms with van der Waals surface area (Å²) >= 11 is 5.84. The Bertz CT molecular complexity index is 492. The number of hydrogen-bond acceptors (Lipinski definition) is 4. The molecule has 1 saturated heterocycles. The van der Waals surface area contributed by atoms with Gasteiger partial charge < -0.3 is 4.74 Å². The summed E-state index contributed by atoms with van der Waals surface area (Å²) < 4.78 is 7.01. The zero-order valence-electron chi connectivity index (χ0n) is 7.93. The van der Waals surface area contributed by atoms with E-state index in [2.05, 4.69) is 15.3 Å². The van der Waals surface area contributed by atoms with Crippen LogP contribution in [0.25, 0.3) is 5.65 Å². The van der Waals surface area contributed by atoms with Gasteiger partial charge in [0.05, 0.1) is 6.61 Å². The number of ether oxygens (including phenoxy) is 1. The lowest BCUT2D eigenvalue weighted by molar-refractivity contribution is 0.193. The minimum atomic E-state index is 0.283. The second-order valence-electron chi connectivity index (χ2n) is 3.54. The second kappa shape index (κ2) is 3.43. The van der Waals surface area contributed by atoms with Crippen LogP contribution >= 0.6 is 11.6 Å². The average molecular weight is 225 g/mol. The maximum Gasteiger partial charge on any atom is 0.178 e. The van der Waals surface area contributed by atoms with Crippen molar-refractivity contribution in [3.8, 4) is 0 Å². The number of fused-ring (bicyclic) bond motifs is 1. The van der Waals surface area contributed by atoms with Gasteiger partial charge in [0.1, 0.15) is 5.15 Å². The van der Waals surface area contributed by atoms with Gasteiger partial charge in [0.25, 0.3) is 0 Å². The molecular weight excluding hydrogens is 216 g/mol. The third-order valence-electron chi connectivity index (χ3n) is 2.55. The standard InChI is InChI=1S/C9H9ClN4O/c10-7-1-2-8-11-12-9(14(8)13-7)6-3-4-15-5-6/h1-2,6H,3-5H2/t6-/m0/s1. The largest absolute Gasteiger partial charge is 0.381 e. The molecule has 1 aliphatic rings. The third kappa shape index (κ3) is 1.48. The summed E-state index contributed by atoms with van der Waals surface area (Å²) in [6.07, 6.45) is 0.967. The van der Waals surface area contributed by atoms with E-state index in [1.807, 2.05) is 6.07 Å². The van der Waals surface area contributed by atoms with Crippen molar-refractivity contribution in [1.29, 1.82) is 0 Å². The Morgan fingerprint density at radius 1 is 1.40 bits per heavy atom. The van der Waals surface area contributed by atoms with Crippen LogP contribution in [0.1, 0.15) is 18.2 Å². The summed E-state index contributed by atoms with van der Waals surface area (Å²) in [5, 5.41) is 12.8. The molecule has 2 aromatic rings. The summed E-state index contributed by atoms with van der Waals surface area (Å²) in [7, 11) is 0. The zero-order chi connectivity index (χ0) is 10.3. The summed E-state index contributed by atoms with van der Waals surface area (Å²) in [5.74, 6) is 1.12. The summed E-state index contributed by atoms with van der Waals surface area (Å²) in [6.45, 7) is 1.47. The van der Waals surface area contributed by atoms with Crippen LogP contribution in [0, 0.1) is 0 Å². The highest BCUT2D eigenvalue weighted by Crippen LogP contribution is 2.23. The Kier molecular flexibility index (Phi) is 2.07. The first kappa shape index (κ1) is 9.06. The topological polar surface area (TPSA) is 52.3 Å². The van der Waals surface area contributed by atoms with Gasteiger partial charge in [-0.1, -0.05) is 11.6 Å². The molecule has 5 nitrogen and oxygen atoms in total. The lowest BCUT2D eigenvalue weighted by Crippen LogP contribution is -2.06. The lowest BCUT2D eigenvalue weighted by Gasteiger charge is -2.03. The van der Waals surface area contributed by atoms with Crippen LogP contribution in [0.2, 0.25) is 5.15 Å². The molecule has 0 radical (unpaired) electrons. The van der Waals surface area contributed by atoms with Gasteiger partial charge in [-0.3, -0.25) is 0 Å². The average Bonchev–Trinajstić information content (AvgIpc) is 2.83. The van der Waals surface area contributed by atoms with E-state index in [-0.39, 0.29) is 5.92 Å². The van der Waals surface area contributed by atoms with Crippen LogP contribution in [-0.4, -0.2) is 33.0 Å². The molecule has 0 saturated carbocycles. The highest BCUT2D eigenvalue weighted by Gasteiger charge is 2.23. The minimum Gasteiger partial charge on any atom is -0.381 e. The minimum absolute atomic E-state index is 0.283. The maximum atomic E-state index is 5.84. The van der Waals surface area contributed by atoms with Gasteiger partial charge in [-0.2, -0.15) is 9.61 Å². The molecule has 1 atom stereocenters. The van der Waals surface area contributed by atoms with E-state index < -0.39 is 0 Å². The van der Waals surface area contributed by atoms with E-state index in [9.17, 15) is 0 Å². The molecule has 0 N–H and O–H groups in total. The normalized spacial score (nSPS) is 21.3. The molecule has 15 heavy (non-hydrogen) atoms. The fraction of sp³-hybridized carbons (Fsp3) is 0.444. The van der Waals surface area contributed by atoms with E-state index >= 15 is 0 Å². The molecule has 0 amide bonds. The van der Waals surface area contributed by atoms with E-state index in [0.717, 1.165) is 24.5 Å². The van der Waals surface area contributed by atoms with Gasteiger partial charge in [0, 0.05) is 12.5 Å². The van der Waals surface area contributed by atoms with E-state index in [1.54, 1.807) is 10.6 Å². The van der Waals surface area contributed by atoms with Crippen molar-refractivity contribution in [2.45, 2.75) is 12.3 Å². The second-order valence-corrected chi connectivity index (χ2v) is 3.93. The van der Waals surface area contributed by atoms with Crippen LogP contribution in [0.15, 0.2) is 12.1 Å². The van der Waals surface area contributed by atoms with Crippen LogP contribution in [0.3, 0.4) is 0 Å². The van der Waals surface area contributed by atoms with Gasteiger partial charge in [-0.25, -0.2) is 0 Å². The Balaban J connectivity index is 2.13. The molecule has 3 heterocycles. The SMILES string of the molecule is Clc1ccc2nnc([C@H]3CCOC3)n2n1. The zero-order valence-corrected chi connectivity index (χ0v) is 8.68. The number of hydrogen-bond donors (Lipinski definition) is 0. The highest BCUT2D eigenvalue weighted by molar-refractivity contribution is 6.29. The Morgan fingerprint density at radius 3 is 3.13 bits per heavy atom. The van der Waals surface area contributed by atoms with Crippen LogP contribution in [0.5, 0.6) is 0 Å². The summed E-state index contributed by atoms with van der Waals surface area (Å²) in [4.78, 5) is 0. The number of halogens is 1. The van der Waals surface area contributed by atoms with Crippen LogP contribution in [-0.2, 0) is 4.74 Å². The molecule has 2 aromatic heterocycles. The predicted octanol–water partition coefficient (Wildman–Crippen LogP) is 1.28. The Labute approximate surface area is 91.0 Å². The van der Waals surface area contributed by atoms with Crippen molar-refractivity contribution >= 4 is 17.2 Å². The third-order valence-corrected chi connectivity index (χ3v) is 2.75. The van der Waals surface area contributed by atoms with Gasteiger partial charge in [0.15, 0.2) is 11.5 Å². The van der Waals surface area contributed by atoms with Crippen molar-refractivity contribution in [3.05, 3.63) is 23.1 Å². The van der Waals surface area contributed by atoms with Crippen molar-refractivity contribution in [2.24, 2.45) is 0 Å². The molecule has 0 unspecified atom stereocenters. The molecule has 0 aliphatic carbocycles. The highest BCUT2D eigenvalue weighted by atomic mass is 35.5. The lowest BCUT2D eigenvalue weighted by atomic mass is 10.1. The fourth-order valence-electron chi connectivity index (χ4n) is 1.78. The van der Waals surface area contributed by atoms with Gasteiger partial charge in [-0.15, -0.1) is 10.2 Å². The number of nitrogens with zero attached hydrogens (tertiary/aromatic N) is 4. The Hall–Kier alpha value is -1.20. The predicted molar refractivity (Wildman–Crippen MR) is 54.0 cm³/mol. The molecule has 1 aliphatic heterocycles. The van der Waals surface area contributed by atoms with Crippen molar-refractivity contribution in [3.63, 3.8) is 0 Å². The number of aromatic nitrogens is 4. The van der Waals surface area contributed by atoms with Gasteiger partial charge in [0.2, 0.25) is 0 Å². The molecule has 0 bridgehead atoms. The smallest absolute Gasteiger partial charge is 0.178 e. The molecular formula is C9H9ClN4O. The van der Waals surface area contributed by atoms with E-state index in [1.165, 1.54) is 0 Å². The quantitative estimate of drug-likeness (QED) is 0.732. The van der Waals surface area contributed by atoms with Crippen LogP contribution < -0.4 is 0 Å². The first-order chi connectivity index (χ1) is 7.34. The molecule has 3 rings (SSSR count). The van der Waals surface area contributed by atoms with Gasteiger partial charge in [-0.05, 0) is 18.6 Å². The fourth-order valence-corrected chi connectivity index (χ4v) is 1.91. The van der Waals surface area contributed by atoms with E-state index in [4.69, 9.17) is 16.3 Å². The Morgan fingerprint density at radius 2 is 2.33 bits per heavy atom. The van der Waals surface area contributed by atoms with Crippen molar-refractivity contribution < 1.29 is 4.74 Å². The summed E-state index contributed by atoms with van der Waals surface area (Å²) in [6, 6.07) is 3.52. The number of rotatable bonds is 1. The van der Waals surface area contributed by atoms with Crippen molar-refractivity contribution in [2.75, 3.05) is 13.2 Å². The van der Waals surface area contributed by atoms with Gasteiger partial charge >= 0.3 is 0 Å². The summed E-state index contributed by atoms with van der Waals surface area (Å²) in [5.41, 5.74) is 0.723. The van der Waals surface area contributed by atoms with E-state index in [0.29, 0.717) is 11.8 Å². The molecule has 0 spiro atoms. The van der Waals surface area contributed by atoms with Crippen molar-refractivity contribution in [1.82, 2.24) is 19.8 Å². The maximum absolute atomic E-state index is 5.84. The van der Waals surface area contributed by atoms with Crippen LogP contribution in [0.4, 0.5) is 0 Å². The molecule has 1 fully saturated rings. The first-order valence-electron chi connectivity index (χ1n) is 4.80. The molecule has 78 valence electrons. The molecule has 6 heteroatoms. The first-order valence-corrected chi connectivity index (χ1v) is 5.18.